The topological polar surface area (TPSA) is 29.5 Å². The molecule has 7 fully saturated rings. The number of hydrogen-bond donors (Lipinski definition) is 1. The molecule has 0 aromatic carbocycles. The predicted octanol–water partition coefficient (Wildman–Crippen LogP) is 8.02. The van der Waals surface area contributed by atoms with Gasteiger partial charge in [-0.25, -0.2) is 0 Å². The summed E-state index contributed by atoms with van der Waals surface area (Å²) >= 11 is 0. The molecule has 7 saturated carbocycles. The van der Waals surface area contributed by atoms with E-state index in [0.29, 0.717) is 22.3 Å². The van der Waals surface area contributed by atoms with E-state index in [0.717, 1.165) is 66.6 Å². The minimum atomic E-state index is -0.337. The summed E-state index contributed by atoms with van der Waals surface area (Å²) < 4.78 is 6.10. The van der Waals surface area contributed by atoms with Crippen LogP contribution in [0.5, 0.6) is 0 Å². The van der Waals surface area contributed by atoms with Gasteiger partial charge in [-0.2, -0.15) is 0 Å². The van der Waals surface area contributed by atoms with Crippen molar-refractivity contribution in [1.29, 1.82) is 0 Å². The van der Waals surface area contributed by atoms with Gasteiger partial charge in [0.2, 0.25) is 0 Å². The van der Waals surface area contributed by atoms with E-state index in [4.69, 9.17) is 4.74 Å². The van der Waals surface area contributed by atoms with E-state index in [1.165, 1.54) is 70.6 Å². The Morgan fingerprint density at radius 3 is 2.34 bits per heavy atom. The molecule has 0 aromatic rings. The second kappa shape index (κ2) is 7.97. The van der Waals surface area contributed by atoms with Crippen molar-refractivity contribution in [3.05, 3.63) is 0 Å². The van der Waals surface area contributed by atoms with Gasteiger partial charge >= 0.3 is 0 Å². The van der Waals surface area contributed by atoms with Gasteiger partial charge in [-0.3, -0.25) is 0 Å². The molecule has 0 amide bonds. The van der Waals surface area contributed by atoms with Gasteiger partial charge in [0.1, 0.15) is 0 Å². The standard InChI is InChI=1S/C33H54O2/c1-21(10-17-32(34)13-6-5-7-14-32)25-8-9-26-24-19-22-18-23-20-28-29(35-4)12-16-31(3,33(22,23)28)27(24)11-15-30(25,26)2/h21-29,34H,5-20H2,1-4H3/t21-,22-,23?,24+,25-,26+,27+,28+,29+,30-,31-,33?/m1/s1. The minimum Gasteiger partial charge on any atom is -0.390 e. The van der Waals surface area contributed by atoms with Crippen LogP contribution in [0.4, 0.5) is 0 Å². The zero-order valence-electron chi connectivity index (χ0n) is 23.4. The maximum absolute atomic E-state index is 11.2. The Labute approximate surface area is 215 Å². The summed E-state index contributed by atoms with van der Waals surface area (Å²) in [6, 6.07) is 0. The molecule has 7 aliphatic carbocycles. The molecule has 12 atom stereocenters. The van der Waals surface area contributed by atoms with Crippen LogP contribution in [0.2, 0.25) is 0 Å². The molecule has 35 heavy (non-hydrogen) atoms. The van der Waals surface area contributed by atoms with E-state index < -0.39 is 0 Å². The number of methoxy groups -OCH3 is 1. The average Bonchev–Trinajstić information content (AvgIpc) is 3.19. The molecule has 2 unspecified atom stereocenters. The van der Waals surface area contributed by atoms with Gasteiger partial charge in [-0.05, 0) is 147 Å². The van der Waals surface area contributed by atoms with E-state index in [9.17, 15) is 5.11 Å². The Hall–Kier alpha value is -0.0800. The normalized spacial score (nSPS) is 56.5. The molecule has 0 aromatic heterocycles. The molecule has 0 saturated heterocycles. The van der Waals surface area contributed by atoms with Gasteiger partial charge in [0.05, 0.1) is 11.7 Å². The van der Waals surface area contributed by atoms with Crippen molar-refractivity contribution in [2.45, 2.75) is 135 Å². The van der Waals surface area contributed by atoms with Crippen molar-refractivity contribution in [3.8, 4) is 0 Å². The zero-order chi connectivity index (χ0) is 24.2. The summed E-state index contributed by atoms with van der Waals surface area (Å²) in [5, 5.41) is 11.2. The first-order chi connectivity index (χ1) is 16.8. The number of aliphatic hydroxyl groups is 1. The molecule has 0 bridgehead atoms. The summed E-state index contributed by atoms with van der Waals surface area (Å²) in [6.07, 6.45) is 22.1. The molecule has 2 heteroatoms. The van der Waals surface area contributed by atoms with Crippen LogP contribution in [0.1, 0.15) is 124 Å². The minimum absolute atomic E-state index is 0.337. The molecular formula is C33H54O2. The lowest BCUT2D eigenvalue weighted by Gasteiger charge is -2.83. The Balaban J connectivity index is 1.10. The molecule has 1 spiro atoms. The second-order valence-corrected chi connectivity index (χ2v) is 15.8. The number of rotatable bonds is 5. The second-order valence-electron chi connectivity index (χ2n) is 15.8. The lowest BCUT2D eigenvalue weighted by molar-refractivity contribution is -0.362. The SMILES string of the molecule is CO[C@H]1CC[C@]2(C)[C@H]3CC[C@]4(C)[C@@H]([C@H](C)CCC5(O)CCCCC5)CC[C@H]4[C@@H]3C[C@H]3CC4C[C@@H]1C432. The molecule has 0 aliphatic heterocycles. The van der Waals surface area contributed by atoms with Crippen LogP contribution in [0.3, 0.4) is 0 Å². The lowest BCUT2D eigenvalue weighted by atomic mass is 9.22. The first-order valence-electron chi connectivity index (χ1n) is 16.0. The van der Waals surface area contributed by atoms with Crippen LogP contribution < -0.4 is 0 Å². The number of hydrogen-bond acceptors (Lipinski definition) is 2. The van der Waals surface area contributed by atoms with Crippen LogP contribution in [-0.4, -0.2) is 23.9 Å². The molecule has 2 nitrogen and oxygen atoms in total. The Bertz CT molecular complexity index is 831. The zero-order valence-corrected chi connectivity index (χ0v) is 23.4. The highest BCUT2D eigenvalue weighted by molar-refractivity contribution is 5.28. The highest BCUT2D eigenvalue weighted by Gasteiger charge is 2.80. The molecule has 7 rings (SSSR count). The van der Waals surface area contributed by atoms with Gasteiger partial charge in [0.25, 0.3) is 0 Å². The van der Waals surface area contributed by atoms with Crippen LogP contribution in [0.15, 0.2) is 0 Å². The van der Waals surface area contributed by atoms with Gasteiger partial charge in [-0.1, -0.05) is 40.0 Å². The van der Waals surface area contributed by atoms with Gasteiger partial charge in [0.15, 0.2) is 0 Å². The number of fused-ring (bicyclic) bond motifs is 4. The monoisotopic (exact) mass is 482 g/mol. The van der Waals surface area contributed by atoms with Crippen LogP contribution in [-0.2, 0) is 4.74 Å². The lowest BCUT2D eigenvalue weighted by Crippen LogP contribution is -2.78. The number of ether oxygens (including phenoxy) is 1. The van der Waals surface area contributed by atoms with Gasteiger partial charge < -0.3 is 9.84 Å². The smallest absolute Gasteiger partial charge is 0.0648 e. The molecule has 1 N–H and O–H groups in total. The first kappa shape index (κ1) is 24.0. The van der Waals surface area contributed by atoms with E-state index in [1.807, 2.05) is 7.11 Å². The third-order valence-corrected chi connectivity index (χ3v) is 15.2. The van der Waals surface area contributed by atoms with Crippen molar-refractivity contribution >= 4 is 0 Å². The largest absolute Gasteiger partial charge is 0.390 e. The fourth-order valence-electron chi connectivity index (χ4n) is 13.8. The van der Waals surface area contributed by atoms with Crippen molar-refractivity contribution < 1.29 is 9.84 Å². The molecule has 0 radical (unpaired) electrons. The third kappa shape index (κ3) is 2.97. The summed E-state index contributed by atoms with van der Waals surface area (Å²) in [5.74, 6) is 7.54. The highest BCUT2D eigenvalue weighted by atomic mass is 16.5. The summed E-state index contributed by atoms with van der Waals surface area (Å²) in [6.45, 7) is 8.10. The average molecular weight is 483 g/mol. The molecule has 0 heterocycles. The van der Waals surface area contributed by atoms with Crippen molar-refractivity contribution in [2.24, 2.45) is 63.6 Å². The van der Waals surface area contributed by atoms with E-state index in [-0.39, 0.29) is 5.60 Å². The Morgan fingerprint density at radius 1 is 0.829 bits per heavy atom. The summed E-state index contributed by atoms with van der Waals surface area (Å²) in [4.78, 5) is 0. The third-order valence-electron chi connectivity index (χ3n) is 15.2. The van der Waals surface area contributed by atoms with Crippen molar-refractivity contribution in [2.75, 3.05) is 7.11 Å². The van der Waals surface area contributed by atoms with E-state index in [2.05, 4.69) is 20.8 Å². The van der Waals surface area contributed by atoms with Crippen LogP contribution in [0.25, 0.3) is 0 Å². The summed E-state index contributed by atoms with van der Waals surface area (Å²) in [7, 11) is 2.00. The molecule has 7 aliphatic rings. The Kier molecular flexibility index (Phi) is 5.46. The molecule has 198 valence electrons. The quantitative estimate of drug-likeness (QED) is 0.430. The highest BCUT2D eigenvalue weighted by Crippen LogP contribution is 2.85. The van der Waals surface area contributed by atoms with E-state index >= 15 is 0 Å². The fourth-order valence-corrected chi connectivity index (χ4v) is 13.8. The van der Waals surface area contributed by atoms with Gasteiger partial charge in [-0.15, -0.1) is 0 Å². The van der Waals surface area contributed by atoms with Crippen LogP contribution in [0, 0.1) is 63.6 Å². The Morgan fingerprint density at radius 2 is 1.60 bits per heavy atom. The van der Waals surface area contributed by atoms with Gasteiger partial charge in [0, 0.05) is 7.11 Å². The maximum atomic E-state index is 11.2. The predicted molar refractivity (Wildman–Crippen MR) is 142 cm³/mol. The molecular weight excluding hydrogens is 428 g/mol. The summed E-state index contributed by atoms with van der Waals surface area (Å²) in [5.41, 5.74) is 1.48. The van der Waals surface area contributed by atoms with Crippen molar-refractivity contribution in [3.63, 3.8) is 0 Å². The fraction of sp³-hybridized carbons (Fsp3) is 1.00. The van der Waals surface area contributed by atoms with E-state index in [1.54, 1.807) is 12.8 Å². The van der Waals surface area contributed by atoms with Crippen molar-refractivity contribution in [1.82, 2.24) is 0 Å². The first-order valence-corrected chi connectivity index (χ1v) is 16.0. The van der Waals surface area contributed by atoms with Crippen LogP contribution >= 0.6 is 0 Å². The maximum Gasteiger partial charge on any atom is 0.0648 e.